The second-order valence-electron chi connectivity index (χ2n) is 8.94. The van der Waals surface area contributed by atoms with Crippen LogP contribution in [0.4, 0.5) is 0 Å². The monoisotopic (exact) mass is 492 g/mol. The third kappa shape index (κ3) is 4.04. The topological polar surface area (TPSA) is 103 Å². The van der Waals surface area contributed by atoms with Crippen LogP contribution in [0.25, 0.3) is 0 Å². The highest BCUT2D eigenvalue weighted by molar-refractivity contribution is 5.98. The summed E-state index contributed by atoms with van der Waals surface area (Å²) in [5, 5.41) is 3.98. The normalized spacial score (nSPS) is 27.7. The highest BCUT2D eigenvalue weighted by Gasteiger charge is 2.74. The first-order chi connectivity index (χ1) is 17.5. The van der Waals surface area contributed by atoms with Gasteiger partial charge in [0.2, 0.25) is 5.91 Å². The van der Waals surface area contributed by atoms with Gasteiger partial charge in [0.1, 0.15) is 23.9 Å². The zero-order valence-corrected chi connectivity index (χ0v) is 20.1. The van der Waals surface area contributed by atoms with Crippen molar-refractivity contribution in [3.63, 3.8) is 0 Å². The number of hydroxylamine groups is 2. The van der Waals surface area contributed by atoms with Crippen molar-refractivity contribution in [2.45, 2.75) is 37.8 Å². The molecule has 3 aliphatic rings. The van der Waals surface area contributed by atoms with E-state index in [1.54, 1.807) is 38.3 Å². The molecule has 3 heterocycles. The maximum atomic E-state index is 13.7. The van der Waals surface area contributed by atoms with Crippen LogP contribution in [0.2, 0.25) is 0 Å². The number of hydrogen-bond acceptors (Lipinski definition) is 7. The van der Waals surface area contributed by atoms with Crippen molar-refractivity contribution < 1.29 is 33.4 Å². The lowest BCUT2D eigenvalue weighted by molar-refractivity contribution is -0.208. The van der Waals surface area contributed by atoms with Crippen LogP contribution in [-0.2, 0) is 41.8 Å². The number of esters is 1. The van der Waals surface area contributed by atoms with Crippen molar-refractivity contribution in [3.8, 4) is 5.75 Å². The molecule has 9 heteroatoms. The molecule has 5 atom stereocenters. The van der Waals surface area contributed by atoms with E-state index >= 15 is 0 Å². The highest BCUT2D eigenvalue weighted by atomic mass is 16.7. The molecule has 1 N–H and O–H groups in total. The van der Waals surface area contributed by atoms with Gasteiger partial charge < -0.3 is 19.5 Å². The van der Waals surface area contributed by atoms with Crippen LogP contribution < -0.4 is 10.1 Å². The van der Waals surface area contributed by atoms with Crippen molar-refractivity contribution in [1.82, 2.24) is 10.4 Å². The number of nitrogens with one attached hydrogen (secondary N) is 1. The Bertz CT molecular complexity index is 1170. The first-order valence-electron chi connectivity index (χ1n) is 11.9. The summed E-state index contributed by atoms with van der Waals surface area (Å²) in [6.07, 6.45) is 2.82. The van der Waals surface area contributed by atoms with E-state index < -0.39 is 47.4 Å². The van der Waals surface area contributed by atoms with Crippen molar-refractivity contribution in [2.24, 2.45) is 11.8 Å². The molecule has 3 aliphatic heterocycles. The van der Waals surface area contributed by atoms with E-state index in [0.717, 1.165) is 16.2 Å². The molecule has 0 unspecified atom stereocenters. The standard InChI is InChI=1S/C27H28N2O7/c1-3-34-26(32)21-20-13-14-27(36-20)22(21)25(31)29(35-16-18-9-11-19(33-2)12-10-18)23(27)24(30)28-15-17-7-5-4-6-8-17/h4-14,20-23H,3,15-16H2,1-2H3,(H,28,30)/t20-,21+,22+,23-,27+/m0/s1. The fourth-order valence-corrected chi connectivity index (χ4v) is 5.23. The first-order valence-corrected chi connectivity index (χ1v) is 11.9. The smallest absolute Gasteiger partial charge is 0.312 e. The predicted octanol–water partition coefficient (Wildman–Crippen LogP) is 2.16. The maximum Gasteiger partial charge on any atom is 0.312 e. The lowest BCUT2D eigenvalue weighted by atomic mass is 9.74. The molecule has 9 nitrogen and oxygen atoms in total. The van der Waals surface area contributed by atoms with Gasteiger partial charge in [-0.3, -0.25) is 19.2 Å². The summed E-state index contributed by atoms with van der Waals surface area (Å²) in [6.45, 7) is 2.20. The molecule has 188 valence electrons. The number of carbonyl (C=O) groups is 3. The third-order valence-corrected chi connectivity index (χ3v) is 6.88. The average molecular weight is 493 g/mol. The second-order valence-corrected chi connectivity index (χ2v) is 8.94. The Morgan fingerprint density at radius 3 is 2.53 bits per heavy atom. The highest BCUT2D eigenvalue weighted by Crippen LogP contribution is 2.55. The predicted molar refractivity (Wildman–Crippen MR) is 127 cm³/mol. The van der Waals surface area contributed by atoms with Gasteiger partial charge in [0.15, 0.2) is 6.04 Å². The summed E-state index contributed by atoms with van der Waals surface area (Å²) in [5.74, 6) is -2.51. The molecule has 2 amide bonds. The summed E-state index contributed by atoms with van der Waals surface area (Å²) >= 11 is 0. The van der Waals surface area contributed by atoms with Gasteiger partial charge in [-0.05, 0) is 30.2 Å². The van der Waals surface area contributed by atoms with E-state index in [0.29, 0.717) is 5.75 Å². The van der Waals surface area contributed by atoms with Gasteiger partial charge in [0.25, 0.3) is 5.91 Å². The zero-order valence-electron chi connectivity index (χ0n) is 20.1. The van der Waals surface area contributed by atoms with Crippen molar-refractivity contribution >= 4 is 17.8 Å². The molecule has 0 radical (unpaired) electrons. The van der Waals surface area contributed by atoms with Crippen LogP contribution >= 0.6 is 0 Å². The maximum absolute atomic E-state index is 13.7. The van der Waals surface area contributed by atoms with Gasteiger partial charge in [-0.15, -0.1) is 0 Å². The molecule has 5 rings (SSSR count). The minimum Gasteiger partial charge on any atom is -0.497 e. The van der Waals surface area contributed by atoms with Crippen LogP contribution in [0.3, 0.4) is 0 Å². The largest absolute Gasteiger partial charge is 0.497 e. The van der Waals surface area contributed by atoms with Crippen LogP contribution in [0, 0.1) is 11.8 Å². The van der Waals surface area contributed by atoms with Gasteiger partial charge in [-0.1, -0.05) is 54.6 Å². The minimum atomic E-state index is -1.32. The van der Waals surface area contributed by atoms with Gasteiger partial charge >= 0.3 is 5.97 Å². The van der Waals surface area contributed by atoms with Crippen molar-refractivity contribution in [1.29, 1.82) is 0 Å². The summed E-state index contributed by atoms with van der Waals surface area (Å²) in [4.78, 5) is 46.0. The fourth-order valence-electron chi connectivity index (χ4n) is 5.23. The van der Waals surface area contributed by atoms with E-state index in [1.165, 1.54) is 0 Å². The minimum absolute atomic E-state index is 0.0399. The van der Waals surface area contributed by atoms with E-state index in [-0.39, 0.29) is 19.8 Å². The molecular formula is C27H28N2O7. The Morgan fingerprint density at radius 2 is 1.83 bits per heavy atom. The summed E-state index contributed by atoms with van der Waals surface area (Å²) < 4.78 is 16.6. The van der Waals surface area contributed by atoms with Crippen LogP contribution in [0.5, 0.6) is 5.75 Å². The van der Waals surface area contributed by atoms with E-state index in [4.69, 9.17) is 19.0 Å². The molecule has 2 fully saturated rings. The van der Waals surface area contributed by atoms with Crippen LogP contribution in [0.1, 0.15) is 18.1 Å². The molecule has 2 aromatic rings. The van der Waals surface area contributed by atoms with E-state index in [2.05, 4.69) is 5.32 Å². The lowest BCUT2D eigenvalue weighted by Crippen LogP contribution is -2.54. The Kier molecular flexibility index (Phi) is 6.51. The number of carbonyl (C=O) groups excluding carboxylic acids is 3. The number of methoxy groups -OCH3 is 1. The van der Waals surface area contributed by atoms with Crippen molar-refractivity contribution in [3.05, 3.63) is 77.9 Å². The molecule has 2 aromatic carbocycles. The number of ether oxygens (including phenoxy) is 3. The lowest BCUT2D eigenvalue weighted by Gasteiger charge is -2.31. The first kappa shape index (κ1) is 24.0. The number of fused-ring (bicyclic) bond motifs is 1. The van der Waals surface area contributed by atoms with E-state index in [1.807, 2.05) is 42.5 Å². The SMILES string of the molecule is CCOC(=O)[C@@H]1[C@@H]2C=C[C@]3(O2)[C@H](C(=O)NCc2ccccc2)N(OCc2ccc(OC)cc2)C(=O)[C@@H]13. The van der Waals surface area contributed by atoms with Gasteiger partial charge in [0.05, 0.1) is 25.7 Å². The molecular weight excluding hydrogens is 464 g/mol. The third-order valence-electron chi connectivity index (χ3n) is 6.88. The number of amides is 2. The number of benzene rings is 2. The van der Waals surface area contributed by atoms with E-state index in [9.17, 15) is 14.4 Å². The molecule has 36 heavy (non-hydrogen) atoms. The Hall–Kier alpha value is -3.69. The molecule has 2 bridgehead atoms. The van der Waals surface area contributed by atoms with Crippen molar-refractivity contribution in [2.75, 3.05) is 13.7 Å². The fraction of sp³-hybridized carbons (Fsp3) is 0.370. The van der Waals surface area contributed by atoms with Crippen LogP contribution in [-0.4, -0.2) is 54.3 Å². The molecule has 1 spiro atoms. The molecule has 0 aromatic heterocycles. The summed E-state index contributed by atoms with van der Waals surface area (Å²) in [5.41, 5.74) is 0.371. The molecule has 2 saturated heterocycles. The Labute approximate surface area is 208 Å². The summed E-state index contributed by atoms with van der Waals surface area (Å²) in [6, 6.07) is 15.5. The van der Waals surface area contributed by atoms with Crippen LogP contribution in [0.15, 0.2) is 66.7 Å². The zero-order chi connectivity index (χ0) is 25.3. The quantitative estimate of drug-likeness (QED) is 0.423. The number of nitrogens with zero attached hydrogens (tertiary/aromatic N) is 1. The summed E-state index contributed by atoms with van der Waals surface area (Å²) in [7, 11) is 1.58. The number of hydrogen-bond donors (Lipinski definition) is 1. The molecule has 0 saturated carbocycles. The second kappa shape index (κ2) is 9.75. The van der Waals surface area contributed by atoms with Gasteiger partial charge in [-0.2, -0.15) is 0 Å². The number of rotatable bonds is 9. The Balaban J connectivity index is 1.42. The average Bonchev–Trinajstić information content (AvgIpc) is 3.54. The molecule has 0 aliphatic carbocycles. The van der Waals surface area contributed by atoms with Gasteiger partial charge in [0, 0.05) is 6.54 Å². The van der Waals surface area contributed by atoms with Gasteiger partial charge in [-0.25, -0.2) is 5.06 Å². The Morgan fingerprint density at radius 1 is 1.08 bits per heavy atom.